The number of nitrogens with one attached hydrogen (secondary N) is 1. The van der Waals surface area contributed by atoms with Crippen LogP contribution in [0.15, 0.2) is 47.0 Å². The minimum absolute atomic E-state index is 0.0809. The van der Waals surface area contributed by atoms with Crippen LogP contribution in [0.25, 0.3) is 11.4 Å². The Balaban J connectivity index is 1.41. The zero-order valence-corrected chi connectivity index (χ0v) is 18.4. The average Bonchev–Trinajstić information content (AvgIpc) is 3.46. The van der Waals surface area contributed by atoms with Crippen LogP contribution in [0.3, 0.4) is 0 Å². The van der Waals surface area contributed by atoms with E-state index in [0.29, 0.717) is 28.6 Å². The van der Waals surface area contributed by atoms with Gasteiger partial charge in [0.15, 0.2) is 11.5 Å². The maximum absolute atomic E-state index is 13.1. The zero-order chi connectivity index (χ0) is 23.5. The molecule has 0 aliphatic carbocycles. The highest BCUT2D eigenvalue weighted by atomic mass is 19.1. The fourth-order valence-electron chi connectivity index (χ4n) is 3.65. The van der Waals surface area contributed by atoms with Gasteiger partial charge in [-0.25, -0.2) is 4.39 Å². The third kappa shape index (κ3) is 4.64. The summed E-state index contributed by atoms with van der Waals surface area (Å²) in [5, 5.41) is 6.72. The van der Waals surface area contributed by atoms with E-state index in [9.17, 15) is 14.0 Å². The van der Waals surface area contributed by atoms with Crippen LogP contribution in [0.1, 0.15) is 25.3 Å². The Morgan fingerprint density at radius 2 is 1.91 bits per heavy atom. The second kappa shape index (κ2) is 9.27. The molecule has 1 saturated heterocycles. The van der Waals surface area contributed by atoms with Gasteiger partial charge in [-0.15, -0.1) is 0 Å². The molecule has 33 heavy (non-hydrogen) atoms. The van der Waals surface area contributed by atoms with Crippen LogP contribution in [0, 0.1) is 11.7 Å². The highest BCUT2D eigenvalue weighted by Gasteiger charge is 2.36. The highest BCUT2D eigenvalue weighted by Crippen LogP contribution is 2.34. The number of rotatable bonds is 7. The van der Waals surface area contributed by atoms with Crippen molar-refractivity contribution in [2.75, 3.05) is 25.7 Å². The second-order valence-electron chi connectivity index (χ2n) is 7.64. The number of ether oxygens (including phenoxy) is 2. The lowest BCUT2D eigenvalue weighted by Crippen LogP contribution is -2.34. The summed E-state index contributed by atoms with van der Waals surface area (Å²) in [6.07, 6.45) is 0.0809. The lowest BCUT2D eigenvalue weighted by Gasteiger charge is -2.19. The summed E-state index contributed by atoms with van der Waals surface area (Å²) >= 11 is 0. The molecular weight excluding hydrogens is 431 g/mol. The molecule has 10 heteroatoms. The molecule has 9 nitrogen and oxygen atoms in total. The van der Waals surface area contributed by atoms with Gasteiger partial charge in [-0.1, -0.05) is 5.16 Å². The van der Waals surface area contributed by atoms with Crippen LogP contribution in [-0.2, 0) is 9.59 Å². The molecule has 2 aromatic carbocycles. The van der Waals surface area contributed by atoms with Crippen molar-refractivity contribution >= 4 is 17.5 Å². The molecule has 172 valence electrons. The van der Waals surface area contributed by atoms with Gasteiger partial charge in [-0.3, -0.25) is 9.59 Å². The van der Waals surface area contributed by atoms with Gasteiger partial charge in [0.1, 0.15) is 11.9 Å². The molecule has 2 amide bonds. The van der Waals surface area contributed by atoms with Crippen LogP contribution in [0.5, 0.6) is 11.5 Å². The first-order valence-corrected chi connectivity index (χ1v) is 10.3. The van der Waals surface area contributed by atoms with Crippen LogP contribution >= 0.6 is 0 Å². The van der Waals surface area contributed by atoms with E-state index < -0.39 is 12.0 Å². The summed E-state index contributed by atoms with van der Waals surface area (Å²) in [6, 6.07) is 10.3. The molecule has 3 aromatic rings. The van der Waals surface area contributed by atoms with Crippen LogP contribution in [0.4, 0.5) is 10.1 Å². The first-order chi connectivity index (χ1) is 15.9. The van der Waals surface area contributed by atoms with Crippen molar-refractivity contribution in [2.45, 2.75) is 19.4 Å². The molecule has 0 radical (unpaired) electrons. The van der Waals surface area contributed by atoms with Crippen molar-refractivity contribution < 1.29 is 28.0 Å². The quantitative estimate of drug-likeness (QED) is 0.585. The smallest absolute Gasteiger partial charge is 0.249 e. The topological polar surface area (TPSA) is 107 Å². The third-order valence-electron chi connectivity index (χ3n) is 5.45. The van der Waals surface area contributed by atoms with Crippen LogP contribution < -0.4 is 19.7 Å². The van der Waals surface area contributed by atoms with E-state index in [1.54, 1.807) is 42.2 Å². The summed E-state index contributed by atoms with van der Waals surface area (Å²) in [4.78, 5) is 31.2. The molecule has 1 aliphatic heterocycles. The Hall–Kier alpha value is -3.95. The Morgan fingerprint density at radius 3 is 2.61 bits per heavy atom. The molecular formula is C23H23FN4O5. The van der Waals surface area contributed by atoms with Crippen molar-refractivity contribution in [3.05, 3.63) is 54.2 Å². The normalized spacial score (nSPS) is 16.5. The fourth-order valence-corrected chi connectivity index (χ4v) is 3.65. The largest absolute Gasteiger partial charge is 0.493 e. The molecule has 1 N–H and O–H groups in total. The number of nitrogens with zero attached hydrogens (tertiary/aromatic N) is 3. The second-order valence-corrected chi connectivity index (χ2v) is 7.64. The standard InChI is InChI=1S/C23H23FN4O5/c1-13(23-26-21(27-33-23)14-4-6-16(24)7-5-14)25-22(30)15-10-20(29)28(12-15)17-8-9-18(31-2)19(11-17)32-3/h4-9,11,13,15H,10,12H2,1-3H3,(H,25,30). The van der Waals surface area contributed by atoms with Gasteiger partial charge in [0, 0.05) is 30.3 Å². The average molecular weight is 454 g/mol. The zero-order valence-electron chi connectivity index (χ0n) is 18.4. The molecule has 2 unspecified atom stereocenters. The lowest BCUT2D eigenvalue weighted by atomic mass is 10.1. The third-order valence-corrected chi connectivity index (χ3v) is 5.45. The Morgan fingerprint density at radius 1 is 1.18 bits per heavy atom. The lowest BCUT2D eigenvalue weighted by molar-refractivity contribution is -0.127. The minimum Gasteiger partial charge on any atom is -0.493 e. The predicted molar refractivity (Wildman–Crippen MR) is 116 cm³/mol. The van der Waals surface area contributed by atoms with Gasteiger partial charge < -0.3 is 24.2 Å². The molecule has 1 aromatic heterocycles. The van der Waals surface area contributed by atoms with E-state index >= 15 is 0 Å². The number of aromatic nitrogens is 2. The van der Waals surface area contributed by atoms with Crippen LogP contribution in [0.2, 0.25) is 0 Å². The summed E-state index contributed by atoms with van der Waals surface area (Å²) in [6.45, 7) is 1.94. The first kappa shape index (κ1) is 22.3. The van der Waals surface area contributed by atoms with Crippen molar-refractivity contribution in [1.29, 1.82) is 0 Å². The van der Waals surface area contributed by atoms with Gasteiger partial charge in [0.25, 0.3) is 0 Å². The van der Waals surface area contributed by atoms with Crippen molar-refractivity contribution in [3.63, 3.8) is 0 Å². The van der Waals surface area contributed by atoms with Gasteiger partial charge in [-0.2, -0.15) is 4.98 Å². The van der Waals surface area contributed by atoms with E-state index in [-0.39, 0.29) is 36.5 Å². The molecule has 2 atom stereocenters. The summed E-state index contributed by atoms with van der Waals surface area (Å²) < 4.78 is 28.9. The first-order valence-electron chi connectivity index (χ1n) is 10.3. The number of carbonyl (C=O) groups excluding carboxylic acids is 2. The molecule has 4 rings (SSSR count). The number of halogens is 1. The van der Waals surface area contributed by atoms with Crippen molar-refractivity contribution in [1.82, 2.24) is 15.5 Å². The van der Waals surface area contributed by atoms with Gasteiger partial charge in [0.05, 0.1) is 20.1 Å². The van der Waals surface area contributed by atoms with E-state index in [1.807, 2.05) is 0 Å². The Kier molecular flexibility index (Phi) is 6.25. The van der Waals surface area contributed by atoms with Gasteiger partial charge >= 0.3 is 0 Å². The predicted octanol–water partition coefficient (Wildman–Crippen LogP) is 3.12. The van der Waals surface area contributed by atoms with E-state index in [2.05, 4.69) is 15.5 Å². The number of methoxy groups -OCH3 is 2. The monoisotopic (exact) mass is 454 g/mol. The number of anilines is 1. The molecule has 0 saturated carbocycles. The van der Waals surface area contributed by atoms with E-state index in [4.69, 9.17) is 14.0 Å². The number of amides is 2. The van der Waals surface area contributed by atoms with Crippen LogP contribution in [-0.4, -0.2) is 42.7 Å². The summed E-state index contributed by atoms with van der Waals surface area (Å²) in [7, 11) is 3.05. The van der Waals surface area contributed by atoms with Crippen molar-refractivity contribution in [2.24, 2.45) is 5.92 Å². The van der Waals surface area contributed by atoms with Crippen molar-refractivity contribution in [3.8, 4) is 22.9 Å². The van der Waals surface area contributed by atoms with E-state index in [1.165, 1.54) is 26.4 Å². The number of benzene rings is 2. The minimum atomic E-state index is -0.565. The highest BCUT2D eigenvalue weighted by molar-refractivity contribution is 6.00. The van der Waals surface area contributed by atoms with Gasteiger partial charge in [0.2, 0.25) is 23.5 Å². The maximum atomic E-state index is 13.1. The molecule has 0 spiro atoms. The molecule has 1 fully saturated rings. The number of hydrogen-bond acceptors (Lipinski definition) is 7. The molecule has 1 aliphatic rings. The molecule has 0 bridgehead atoms. The Bertz CT molecular complexity index is 1160. The summed E-state index contributed by atoms with van der Waals surface area (Å²) in [5.74, 6) is 0.203. The number of hydrogen-bond donors (Lipinski definition) is 1. The van der Waals surface area contributed by atoms with E-state index in [0.717, 1.165) is 0 Å². The van der Waals surface area contributed by atoms with Gasteiger partial charge in [-0.05, 0) is 43.3 Å². The maximum Gasteiger partial charge on any atom is 0.249 e. The number of carbonyl (C=O) groups is 2. The summed E-state index contributed by atoms with van der Waals surface area (Å²) in [5.41, 5.74) is 1.22. The Labute approximate surface area is 189 Å². The SMILES string of the molecule is COc1ccc(N2CC(C(=O)NC(C)c3nc(-c4ccc(F)cc4)no3)CC2=O)cc1OC. The molecule has 2 heterocycles. The fraction of sp³-hybridized carbons (Fsp3) is 0.304.